The highest BCUT2D eigenvalue weighted by atomic mass is 79.9. The van der Waals surface area contributed by atoms with Gasteiger partial charge in [0.2, 0.25) is 0 Å². The van der Waals surface area contributed by atoms with E-state index >= 15 is 0 Å². The number of halogens is 2. The molecule has 0 aliphatic heterocycles. The zero-order chi connectivity index (χ0) is 9.26. The van der Waals surface area contributed by atoms with Crippen molar-refractivity contribution in [2.75, 3.05) is 0 Å². The highest BCUT2D eigenvalue weighted by Gasteiger charge is 2.23. The molecule has 1 atom stereocenters. The summed E-state index contributed by atoms with van der Waals surface area (Å²) in [5.41, 5.74) is 1.36. The Morgan fingerprint density at radius 1 is 1.36 bits per heavy atom. The molecule has 0 bridgehead atoms. The summed E-state index contributed by atoms with van der Waals surface area (Å²) < 4.78 is 1.20. The van der Waals surface area contributed by atoms with Crippen molar-refractivity contribution in [1.29, 1.82) is 0 Å². The van der Waals surface area contributed by atoms with Gasteiger partial charge in [0.15, 0.2) is 0 Å². The Hall–Kier alpha value is -0.0500. The minimum Gasteiger partial charge on any atom is -0.307 e. The van der Waals surface area contributed by atoms with Crippen molar-refractivity contribution in [1.82, 2.24) is 5.32 Å². The lowest BCUT2D eigenvalue weighted by Crippen LogP contribution is -2.20. The Bertz CT molecular complexity index is 299. The van der Waals surface area contributed by atoms with Gasteiger partial charge in [-0.05, 0) is 31.4 Å². The minimum atomic E-state index is 0. The van der Waals surface area contributed by atoms with Gasteiger partial charge >= 0.3 is 0 Å². The summed E-state index contributed by atoms with van der Waals surface area (Å²) in [5.74, 6) is 0. The first kappa shape index (κ1) is 12.0. The molecule has 0 saturated heterocycles. The number of benzene rings is 1. The third-order valence-electron chi connectivity index (χ3n) is 2.43. The summed E-state index contributed by atoms with van der Waals surface area (Å²) in [7, 11) is 0. The molecule has 14 heavy (non-hydrogen) atoms. The van der Waals surface area contributed by atoms with Gasteiger partial charge in [-0.15, -0.1) is 12.4 Å². The lowest BCUT2D eigenvalue weighted by atomic mass is 10.1. The van der Waals surface area contributed by atoms with Gasteiger partial charge in [0, 0.05) is 16.6 Å². The molecule has 1 saturated carbocycles. The fourth-order valence-corrected chi connectivity index (χ4v) is 2.15. The highest BCUT2D eigenvalue weighted by Crippen LogP contribution is 2.27. The smallest absolute Gasteiger partial charge is 0.0305 e. The van der Waals surface area contributed by atoms with E-state index in [1.165, 1.54) is 22.9 Å². The van der Waals surface area contributed by atoms with Crippen molar-refractivity contribution in [3.63, 3.8) is 0 Å². The quantitative estimate of drug-likeness (QED) is 0.888. The second-order valence-corrected chi connectivity index (χ2v) is 4.54. The monoisotopic (exact) mass is 275 g/mol. The Balaban J connectivity index is 0.000000980. The summed E-state index contributed by atoms with van der Waals surface area (Å²) in [6.07, 6.45) is 2.68. The summed E-state index contributed by atoms with van der Waals surface area (Å²) in [5, 5.41) is 3.58. The maximum absolute atomic E-state index is 3.58. The van der Waals surface area contributed by atoms with Gasteiger partial charge in [-0.2, -0.15) is 0 Å². The molecule has 1 aliphatic carbocycles. The lowest BCUT2D eigenvalue weighted by molar-refractivity contribution is 0.569. The van der Waals surface area contributed by atoms with Gasteiger partial charge < -0.3 is 5.32 Å². The molecule has 1 aromatic rings. The molecule has 0 heterocycles. The number of rotatable bonds is 3. The van der Waals surface area contributed by atoms with E-state index in [9.17, 15) is 0 Å². The molecule has 1 aliphatic rings. The van der Waals surface area contributed by atoms with Gasteiger partial charge in [-0.3, -0.25) is 0 Å². The molecule has 2 rings (SSSR count). The third kappa shape index (κ3) is 2.97. The summed E-state index contributed by atoms with van der Waals surface area (Å²) in [6, 6.07) is 9.64. The molecule has 78 valence electrons. The van der Waals surface area contributed by atoms with E-state index in [1.807, 2.05) is 0 Å². The summed E-state index contributed by atoms with van der Waals surface area (Å²) in [6.45, 7) is 2.22. The van der Waals surface area contributed by atoms with Crippen molar-refractivity contribution >= 4 is 28.3 Å². The van der Waals surface area contributed by atoms with E-state index in [4.69, 9.17) is 0 Å². The molecule has 1 aromatic carbocycles. The lowest BCUT2D eigenvalue weighted by Gasteiger charge is -2.14. The number of hydrogen-bond donors (Lipinski definition) is 1. The van der Waals surface area contributed by atoms with Crippen LogP contribution in [0.4, 0.5) is 0 Å². The van der Waals surface area contributed by atoms with Crippen LogP contribution >= 0.6 is 28.3 Å². The Labute approximate surface area is 99.8 Å². The summed E-state index contributed by atoms with van der Waals surface area (Å²) in [4.78, 5) is 0. The van der Waals surface area contributed by atoms with Crippen LogP contribution in [0.15, 0.2) is 28.7 Å². The Morgan fingerprint density at radius 3 is 2.57 bits per heavy atom. The van der Waals surface area contributed by atoms with Gasteiger partial charge in [0.25, 0.3) is 0 Å². The van der Waals surface area contributed by atoms with Crippen molar-refractivity contribution in [3.05, 3.63) is 34.3 Å². The maximum atomic E-state index is 3.58. The van der Waals surface area contributed by atoms with E-state index in [0.29, 0.717) is 6.04 Å². The van der Waals surface area contributed by atoms with E-state index in [2.05, 4.69) is 52.4 Å². The molecule has 1 N–H and O–H groups in total. The topological polar surface area (TPSA) is 12.0 Å². The fourth-order valence-electron chi connectivity index (χ4n) is 1.52. The molecular weight excluding hydrogens is 261 g/mol. The predicted molar refractivity (Wildman–Crippen MR) is 66.0 cm³/mol. The normalized spacial score (nSPS) is 17.3. The molecule has 0 amide bonds. The molecular formula is C11H15BrClN. The van der Waals surface area contributed by atoms with Gasteiger partial charge in [-0.25, -0.2) is 0 Å². The first-order valence-electron chi connectivity index (χ1n) is 4.78. The van der Waals surface area contributed by atoms with Crippen LogP contribution in [0.2, 0.25) is 0 Å². The third-order valence-corrected chi connectivity index (χ3v) is 3.16. The largest absolute Gasteiger partial charge is 0.307 e. The molecule has 3 heteroatoms. The van der Waals surface area contributed by atoms with Crippen molar-refractivity contribution < 1.29 is 0 Å². The van der Waals surface area contributed by atoms with Gasteiger partial charge in [0.05, 0.1) is 0 Å². The molecule has 0 aromatic heterocycles. The fraction of sp³-hybridized carbons (Fsp3) is 0.455. The van der Waals surface area contributed by atoms with Crippen LogP contribution in [-0.4, -0.2) is 6.04 Å². The van der Waals surface area contributed by atoms with Crippen molar-refractivity contribution in [2.24, 2.45) is 0 Å². The molecule has 0 radical (unpaired) electrons. The van der Waals surface area contributed by atoms with E-state index < -0.39 is 0 Å². The average molecular weight is 277 g/mol. The van der Waals surface area contributed by atoms with Crippen molar-refractivity contribution in [2.45, 2.75) is 31.8 Å². The zero-order valence-electron chi connectivity index (χ0n) is 8.16. The van der Waals surface area contributed by atoms with Crippen LogP contribution in [0.3, 0.4) is 0 Å². The average Bonchev–Trinajstić information content (AvgIpc) is 2.89. The Kier molecular flexibility index (Phi) is 4.42. The van der Waals surface area contributed by atoms with Crippen LogP contribution in [0.1, 0.15) is 31.4 Å². The minimum absolute atomic E-state index is 0. The van der Waals surface area contributed by atoms with Crippen LogP contribution in [0, 0.1) is 0 Å². The van der Waals surface area contributed by atoms with Crippen LogP contribution in [-0.2, 0) is 0 Å². The second kappa shape index (κ2) is 5.15. The number of nitrogens with one attached hydrogen (secondary N) is 1. The van der Waals surface area contributed by atoms with Crippen LogP contribution in [0.5, 0.6) is 0 Å². The number of hydrogen-bond acceptors (Lipinski definition) is 1. The summed E-state index contributed by atoms with van der Waals surface area (Å²) >= 11 is 3.57. The second-order valence-electron chi connectivity index (χ2n) is 3.68. The van der Waals surface area contributed by atoms with Gasteiger partial charge in [-0.1, -0.05) is 34.1 Å². The standard InChI is InChI=1S/C11H14BrN.ClH/c1-8(13-9-6-7-9)10-4-2-3-5-11(10)12;/h2-5,8-9,13H,6-7H2,1H3;1H. The molecule has 1 fully saturated rings. The molecule has 0 spiro atoms. The van der Waals surface area contributed by atoms with E-state index in [-0.39, 0.29) is 12.4 Å². The first-order chi connectivity index (χ1) is 6.27. The van der Waals surface area contributed by atoms with Gasteiger partial charge in [0.1, 0.15) is 0 Å². The van der Waals surface area contributed by atoms with Crippen LogP contribution in [0.25, 0.3) is 0 Å². The van der Waals surface area contributed by atoms with Crippen molar-refractivity contribution in [3.8, 4) is 0 Å². The Morgan fingerprint density at radius 2 is 2.00 bits per heavy atom. The predicted octanol–water partition coefficient (Wildman–Crippen LogP) is 3.68. The zero-order valence-corrected chi connectivity index (χ0v) is 10.6. The van der Waals surface area contributed by atoms with E-state index in [0.717, 1.165) is 6.04 Å². The maximum Gasteiger partial charge on any atom is 0.0305 e. The van der Waals surface area contributed by atoms with E-state index in [1.54, 1.807) is 0 Å². The molecule has 1 unspecified atom stereocenters. The first-order valence-corrected chi connectivity index (χ1v) is 5.57. The van der Waals surface area contributed by atoms with Crippen LogP contribution < -0.4 is 5.32 Å². The molecule has 1 nitrogen and oxygen atoms in total. The SMILES string of the molecule is CC(NC1CC1)c1ccccc1Br.Cl. The highest BCUT2D eigenvalue weighted by molar-refractivity contribution is 9.10.